The number of fused-ring (bicyclic) bond motifs is 1. The molecule has 0 fully saturated rings. The molecule has 1 N–H and O–H groups in total. The summed E-state index contributed by atoms with van der Waals surface area (Å²) in [5.74, 6) is 1.34. The van der Waals surface area contributed by atoms with Gasteiger partial charge in [0, 0.05) is 6.20 Å². The number of aromatic nitrogens is 2. The van der Waals surface area contributed by atoms with E-state index in [1.807, 2.05) is 60.7 Å². The Morgan fingerprint density at radius 3 is 2.71 bits per heavy atom. The molecule has 0 aliphatic heterocycles. The zero-order chi connectivity index (χ0) is 16.2. The van der Waals surface area contributed by atoms with Crippen LogP contribution in [-0.4, -0.2) is 10.1 Å². The van der Waals surface area contributed by atoms with Crippen molar-refractivity contribution in [2.75, 3.05) is 5.32 Å². The molecule has 5 heteroatoms. The van der Waals surface area contributed by atoms with Crippen molar-refractivity contribution >= 4 is 22.5 Å². The predicted molar refractivity (Wildman–Crippen MR) is 92.3 cm³/mol. The Labute approximate surface area is 138 Å². The SMILES string of the molecule is c1ccc(COc2cccc3onc(Nc4cccnc4)c23)cc1. The molecule has 0 aliphatic rings. The highest BCUT2D eigenvalue weighted by molar-refractivity contribution is 5.95. The van der Waals surface area contributed by atoms with Crippen LogP contribution < -0.4 is 10.1 Å². The highest BCUT2D eigenvalue weighted by atomic mass is 16.5. The van der Waals surface area contributed by atoms with Gasteiger partial charge >= 0.3 is 0 Å². The zero-order valence-corrected chi connectivity index (χ0v) is 12.8. The molecule has 0 radical (unpaired) electrons. The number of ether oxygens (including phenoxy) is 1. The van der Waals surface area contributed by atoms with Crippen LogP contribution >= 0.6 is 0 Å². The van der Waals surface area contributed by atoms with Gasteiger partial charge in [0.1, 0.15) is 17.7 Å². The van der Waals surface area contributed by atoms with Gasteiger partial charge in [0.05, 0.1) is 11.9 Å². The van der Waals surface area contributed by atoms with E-state index in [1.165, 1.54) is 0 Å². The van der Waals surface area contributed by atoms with E-state index >= 15 is 0 Å². The van der Waals surface area contributed by atoms with Crippen molar-refractivity contribution < 1.29 is 9.26 Å². The zero-order valence-electron chi connectivity index (χ0n) is 12.8. The Morgan fingerprint density at radius 2 is 1.88 bits per heavy atom. The summed E-state index contributed by atoms with van der Waals surface area (Å²) in [6, 6.07) is 19.5. The minimum atomic E-state index is 0.484. The summed E-state index contributed by atoms with van der Waals surface area (Å²) in [5, 5.41) is 8.15. The fraction of sp³-hybridized carbons (Fsp3) is 0.0526. The van der Waals surface area contributed by atoms with Crippen LogP contribution in [-0.2, 0) is 6.61 Å². The second-order valence-electron chi connectivity index (χ2n) is 5.30. The van der Waals surface area contributed by atoms with E-state index in [0.717, 1.165) is 22.4 Å². The molecular formula is C19H15N3O2. The van der Waals surface area contributed by atoms with Gasteiger partial charge in [0.2, 0.25) is 0 Å². The number of nitrogens with one attached hydrogen (secondary N) is 1. The van der Waals surface area contributed by atoms with Gasteiger partial charge in [-0.1, -0.05) is 41.6 Å². The van der Waals surface area contributed by atoms with Crippen molar-refractivity contribution in [3.05, 3.63) is 78.6 Å². The molecule has 0 unspecified atom stereocenters. The minimum Gasteiger partial charge on any atom is -0.488 e. The number of pyridine rings is 1. The Kier molecular flexibility index (Phi) is 3.81. The maximum atomic E-state index is 5.99. The molecule has 0 spiro atoms. The maximum Gasteiger partial charge on any atom is 0.185 e. The Morgan fingerprint density at radius 1 is 0.958 bits per heavy atom. The van der Waals surface area contributed by atoms with E-state index < -0.39 is 0 Å². The lowest BCUT2D eigenvalue weighted by atomic mass is 10.2. The number of anilines is 2. The van der Waals surface area contributed by atoms with Gasteiger partial charge < -0.3 is 14.6 Å². The average molecular weight is 317 g/mol. The number of nitrogens with zero attached hydrogens (tertiary/aromatic N) is 2. The number of rotatable bonds is 5. The Bertz CT molecular complexity index is 937. The Hall–Kier alpha value is -3.34. The summed E-state index contributed by atoms with van der Waals surface area (Å²) in [6.07, 6.45) is 3.45. The Balaban J connectivity index is 1.64. The average Bonchev–Trinajstić information content (AvgIpc) is 3.05. The van der Waals surface area contributed by atoms with Crippen molar-refractivity contribution in [1.29, 1.82) is 0 Å². The lowest BCUT2D eigenvalue weighted by Gasteiger charge is -2.08. The lowest BCUT2D eigenvalue weighted by Crippen LogP contribution is -1.97. The number of hydrogen-bond acceptors (Lipinski definition) is 5. The smallest absolute Gasteiger partial charge is 0.185 e. The molecule has 0 aliphatic carbocycles. The molecule has 2 heterocycles. The van der Waals surface area contributed by atoms with E-state index in [1.54, 1.807) is 12.4 Å². The normalized spacial score (nSPS) is 10.7. The topological polar surface area (TPSA) is 60.2 Å². The van der Waals surface area contributed by atoms with Crippen molar-refractivity contribution in [2.45, 2.75) is 6.61 Å². The first-order valence-electron chi connectivity index (χ1n) is 7.62. The van der Waals surface area contributed by atoms with Crippen molar-refractivity contribution in [3.63, 3.8) is 0 Å². The molecule has 24 heavy (non-hydrogen) atoms. The standard InChI is InChI=1S/C19H15N3O2/c1-2-6-14(7-3-1)13-23-16-9-4-10-17-18(16)19(22-24-17)21-15-8-5-11-20-12-15/h1-12H,13H2,(H,21,22). The highest BCUT2D eigenvalue weighted by Crippen LogP contribution is 2.34. The van der Waals surface area contributed by atoms with Crippen LogP contribution in [0, 0.1) is 0 Å². The van der Waals surface area contributed by atoms with Crippen LogP contribution in [0.25, 0.3) is 11.0 Å². The minimum absolute atomic E-state index is 0.484. The van der Waals surface area contributed by atoms with Gasteiger partial charge in [0.15, 0.2) is 11.4 Å². The van der Waals surface area contributed by atoms with Gasteiger partial charge in [-0.3, -0.25) is 4.98 Å². The monoisotopic (exact) mass is 317 g/mol. The molecule has 0 saturated heterocycles. The highest BCUT2D eigenvalue weighted by Gasteiger charge is 2.14. The molecule has 118 valence electrons. The van der Waals surface area contributed by atoms with Crippen molar-refractivity contribution in [3.8, 4) is 5.75 Å². The van der Waals surface area contributed by atoms with E-state index in [-0.39, 0.29) is 0 Å². The molecule has 0 amide bonds. The third kappa shape index (κ3) is 2.92. The third-order valence-corrected chi connectivity index (χ3v) is 3.62. The second kappa shape index (κ2) is 6.42. The molecule has 4 aromatic rings. The largest absolute Gasteiger partial charge is 0.488 e. The van der Waals surface area contributed by atoms with Crippen LogP contribution in [0.1, 0.15) is 5.56 Å². The first-order valence-corrected chi connectivity index (χ1v) is 7.62. The quantitative estimate of drug-likeness (QED) is 0.585. The van der Waals surface area contributed by atoms with Gasteiger partial charge in [0.25, 0.3) is 0 Å². The van der Waals surface area contributed by atoms with Crippen molar-refractivity contribution in [2.24, 2.45) is 0 Å². The van der Waals surface area contributed by atoms with Gasteiger partial charge in [-0.15, -0.1) is 0 Å². The molecule has 2 aromatic heterocycles. The fourth-order valence-corrected chi connectivity index (χ4v) is 2.48. The van der Waals surface area contributed by atoms with Crippen molar-refractivity contribution in [1.82, 2.24) is 10.1 Å². The van der Waals surface area contributed by atoms with E-state index in [9.17, 15) is 0 Å². The second-order valence-corrected chi connectivity index (χ2v) is 5.30. The first kappa shape index (κ1) is 14.3. The fourth-order valence-electron chi connectivity index (χ4n) is 2.48. The molecule has 5 nitrogen and oxygen atoms in total. The van der Waals surface area contributed by atoms with Crippen LogP contribution in [0.3, 0.4) is 0 Å². The number of hydrogen-bond donors (Lipinski definition) is 1. The molecule has 0 saturated carbocycles. The lowest BCUT2D eigenvalue weighted by molar-refractivity contribution is 0.310. The van der Waals surface area contributed by atoms with Crippen LogP contribution in [0.4, 0.5) is 11.5 Å². The van der Waals surface area contributed by atoms with Crippen LogP contribution in [0.2, 0.25) is 0 Å². The molecule has 4 rings (SSSR count). The molecule has 0 atom stereocenters. The summed E-state index contributed by atoms with van der Waals surface area (Å²) in [5.41, 5.74) is 2.62. The van der Waals surface area contributed by atoms with Crippen LogP contribution in [0.15, 0.2) is 77.6 Å². The predicted octanol–water partition coefficient (Wildman–Crippen LogP) is 4.55. The summed E-state index contributed by atoms with van der Waals surface area (Å²) in [6.45, 7) is 0.484. The third-order valence-electron chi connectivity index (χ3n) is 3.62. The van der Waals surface area contributed by atoms with E-state index in [0.29, 0.717) is 18.0 Å². The molecule has 2 aromatic carbocycles. The van der Waals surface area contributed by atoms with Gasteiger partial charge in [-0.2, -0.15) is 0 Å². The molecule has 0 bridgehead atoms. The summed E-state index contributed by atoms with van der Waals surface area (Å²) < 4.78 is 11.4. The maximum absolute atomic E-state index is 5.99. The first-order chi connectivity index (χ1) is 11.9. The van der Waals surface area contributed by atoms with Crippen LogP contribution in [0.5, 0.6) is 5.75 Å². The number of benzene rings is 2. The van der Waals surface area contributed by atoms with Gasteiger partial charge in [-0.05, 0) is 29.8 Å². The molecular weight excluding hydrogens is 302 g/mol. The van der Waals surface area contributed by atoms with Gasteiger partial charge in [-0.25, -0.2) is 0 Å². The van der Waals surface area contributed by atoms with E-state index in [2.05, 4.69) is 15.5 Å². The summed E-state index contributed by atoms with van der Waals surface area (Å²) >= 11 is 0. The summed E-state index contributed by atoms with van der Waals surface area (Å²) in [7, 11) is 0. The van der Waals surface area contributed by atoms with E-state index in [4.69, 9.17) is 9.26 Å². The summed E-state index contributed by atoms with van der Waals surface area (Å²) in [4.78, 5) is 4.09.